The average molecular weight is 509 g/mol. The second-order valence-electron chi connectivity index (χ2n) is 8.71. The number of fused-ring (bicyclic) bond motifs is 3. The van der Waals surface area contributed by atoms with Crippen LogP contribution in [0.5, 0.6) is 11.5 Å². The van der Waals surface area contributed by atoms with Gasteiger partial charge in [0.15, 0.2) is 5.69 Å². The van der Waals surface area contributed by atoms with Crippen LogP contribution in [-0.2, 0) is 19.4 Å². The predicted octanol–water partition coefficient (Wildman–Crippen LogP) is 2.23. The Kier molecular flexibility index (Phi) is 8.63. The molecule has 37 heavy (non-hydrogen) atoms. The molecular formula is C28H29N4NaO4. The maximum absolute atomic E-state index is 12.1. The number of carboxylic acid groups (broad SMARTS) is 1. The van der Waals surface area contributed by atoms with Crippen LogP contribution in [0.15, 0.2) is 61.2 Å². The van der Waals surface area contributed by atoms with Crippen molar-refractivity contribution in [2.75, 3.05) is 6.61 Å². The summed E-state index contributed by atoms with van der Waals surface area (Å²) in [5, 5.41) is 14.6. The van der Waals surface area contributed by atoms with Gasteiger partial charge in [0, 0.05) is 29.1 Å². The van der Waals surface area contributed by atoms with Crippen molar-refractivity contribution in [2.45, 2.75) is 45.8 Å². The van der Waals surface area contributed by atoms with Crippen LogP contribution in [0.1, 0.15) is 60.5 Å². The van der Waals surface area contributed by atoms with Crippen molar-refractivity contribution < 1.29 is 50.4 Å². The molecule has 1 aliphatic carbocycles. The Morgan fingerprint density at radius 3 is 2.59 bits per heavy atom. The van der Waals surface area contributed by atoms with Gasteiger partial charge in [-0.2, -0.15) is 5.10 Å². The number of aryl methyl sites for hydroxylation is 1. The number of aromatic nitrogens is 4. The van der Waals surface area contributed by atoms with Crippen LogP contribution in [0, 0.1) is 0 Å². The van der Waals surface area contributed by atoms with E-state index in [9.17, 15) is 9.90 Å². The Morgan fingerprint density at radius 1 is 1.08 bits per heavy atom. The molecular weight excluding hydrogens is 479 g/mol. The van der Waals surface area contributed by atoms with Crippen molar-refractivity contribution in [1.29, 1.82) is 0 Å². The third kappa shape index (κ3) is 5.56. The minimum absolute atomic E-state index is 0. The molecule has 2 heterocycles. The van der Waals surface area contributed by atoms with E-state index in [-0.39, 0.29) is 42.7 Å². The van der Waals surface area contributed by atoms with Crippen molar-refractivity contribution in [1.82, 2.24) is 19.7 Å². The third-order valence-electron chi connectivity index (χ3n) is 6.44. The van der Waals surface area contributed by atoms with Crippen LogP contribution in [0.4, 0.5) is 0 Å². The summed E-state index contributed by atoms with van der Waals surface area (Å²) in [5.41, 5.74) is 5.80. The van der Waals surface area contributed by atoms with Crippen molar-refractivity contribution in [3.8, 4) is 22.8 Å². The second kappa shape index (κ2) is 11.9. The minimum atomic E-state index is -1.00. The Bertz CT molecular complexity index is 1400. The first kappa shape index (κ1) is 26.9. The molecule has 2 aromatic carbocycles. The summed E-state index contributed by atoms with van der Waals surface area (Å²) in [5.74, 6) is 0.539. The standard InChI is InChI=1S/C28H28N4O4.Na.H/c1-3-25(20-6-5-7-21(13-20)35-4-2)32-27-23-11-9-22(36-16-18-14-29-17-30-15-18)12-19(23)8-10-24(27)26(31-32)28(33)34;;/h5-7,9,11-15,17,25H,3-4,8,10,16H2,1-2H3,(H,33,34);;/q;+1;-1. The van der Waals surface area contributed by atoms with Crippen LogP contribution < -0.4 is 39.0 Å². The molecule has 1 atom stereocenters. The maximum atomic E-state index is 12.1. The molecule has 8 nitrogen and oxygen atoms in total. The molecule has 4 aromatic rings. The van der Waals surface area contributed by atoms with Gasteiger partial charge < -0.3 is 16.0 Å². The van der Waals surface area contributed by atoms with E-state index in [0.717, 1.165) is 57.9 Å². The summed E-state index contributed by atoms with van der Waals surface area (Å²) in [6.45, 7) is 4.99. The van der Waals surface area contributed by atoms with Gasteiger partial charge in [-0.3, -0.25) is 4.68 Å². The fourth-order valence-corrected chi connectivity index (χ4v) is 4.85. The van der Waals surface area contributed by atoms with E-state index < -0.39 is 5.97 Å². The number of hydrogen-bond donors (Lipinski definition) is 1. The molecule has 0 radical (unpaired) electrons. The second-order valence-corrected chi connectivity index (χ2v) is 8.71. The molecule has 1 aliphatic rings. The number of aromatic carboxylic acids is 1. The molecule has 186 valence electrons. The van der Waals surface area contributed by atoms with Gasteiger partial charge in [0.2, 0.25) is 0 Å². The monoisotopic (exact) mass is 508 g/mol. The molecule has 0 saturated heterocycles. The van der Waals surface area contributed by atoms with Gasteiger partial charge in [-0.05, 0) is 67.6 Å². The largest absolute Gasteiger partial charge is 1.00 e. The molecule has 0 amide bonds. The zero-order valence-electron chi connectivity index (χ0n) is 22.3. The zero-order valence-corrected chi connectivity index (χ0v) is 23.3. The first-order valence-corrected chi connectivity index (χ1v) is 12.2. The van der Waals surface area contributed by atoms with E-state index >= 15 is 0 Å². The Labute approximate surface area is 239 Å². The van der Waals surface area contributed by atoms with E-state index in [0.29, 0.717) is 19.6 Å². The van der Waals surface area contributed by atoms with E-state index in [1.807, 2.05) is 54.1 Å². The number of nitrogens with zero attached hydrogens (tertiary/aromatic N) is 4. The molecule has 0 fully saturated rings. The first-order chi connectivity index (χ1) is 17.6. The smallest absolute Gasteiger partial charge is 1.00 e. The number of hydrogen-bond acceptors (Lipinski definition) is 6. The molecule has 2 aromatic heterocycles. The molecule has 9 heteroatoms. The predicted molar refractivity (Wildman–Crippen MR) is 136 cm³/mol. The van der Waals surface area contributed by atoms with Gasteiger partial charge in [0.1, 0.15) is 24.4 Å². The van der Waals surface area contributed by atoms with Crippen molar-refractivity contribution in [3.63, 3.8) is 0 Å². The quantitative estimate of drug-likeness (QED) is 0.346. The van der Waals surface area contributed by atoms with Crippen LogP contribution in [0.2, 0.25) is 0 Å². The summed E-state index contributed by atoms with van der Waals surface area (Å²) >= 11 is 0. The molecule has 1 unspecified atom stereocenters. The molecule has 0 bridgehead atoms. The van der Waals surface area contributed by atoms with Gasteiger partial charge in [-0.15, -0.1) is 0 Å². The van der Waals surface area contributed by atoms with Gasteiger partial charge in [-0.25, -0.2) is 14.8 Å². The van der Waals surface area contributed by atoms with Crippen molar-refractivity contribution in [3.05, 3.63) is 89.1 Å². The summed E-state index contributed by atoms with van der Waals surface area (Å²) in [6.07, 6.45) is 7.03. The van der Waals surface area contributed by atoms with Gasteiger partial charge in [-0.1, -0.05) is 19.1 Å². The van der Waals surface area contributed by atoms with Gasteiger partial charge in [0.05, 0.1) is 18.3 Å². The molecule has 1 N–H and O–H groups in total. The Morgan fingerprint density at radius 2 is 1.86 bits per heavy atom. The normalized spacial score (nSPS) is 12.6. The van der Waals surface area contributed by atoms with Crippen LogP contribution >= 0.6 is 0 Å². The first-order valence-electron chi connectivity index (χ1n) is 12.2. The molecule has 0 spiro atoms. The minimum Gasteiger partial charge on any atom is -1.00 e. The fraction of sp³-hybridized carbons (Fsp3) is 0.286. The number of rotatable bonds is 9. The molecule has 5 rings (SSSR count). The average Bonchev–Trinajstić information content (AvgIpc) is 3.29. The Balaban J connectivity index is 0.00000200. The number of ether oxygens (including phenoxy) is 2. The summed E-state index contributed by atoms with van der Waals surface area (Å²) in [6, 6.07) is 13.8. The third-order valence-corrected chi connectivity index (χ3v) is 6.44. The van der Waals surface area contributed by atoms with E-state index in [4.69, 9.17) is 9.47 Å². The fourth-order valence-electron chi connectivity index (χ4n) is 4.85. The van der Waals surface area contributed by atoms with Crippen LogP contribution in [0.25, 0.3) is 11.3 Å². The Hall–Kier alpha value is -3.20. The maximum Gasteiger partial charge on any atom is 1.00 e. The van der Waals surface area contributed by atoms with E-state index in [1.54, 1.807) is 12.4 Å². The number of carbonyl (C=O) groups is 1. The van der Waals surface area contributed by atoms with Gasteiger partial charge >= 0.3 is 35.5 Å². The van der Waals surface area contributed by atoms with E-state index in [2.05, 4.69) is 22.0 Å². The van der Waals surface area contributed by atoms with Crippen molar-refractivity contribution in [2.24, 2.45) is 0 Å². The number of benzene rings is 2. The summed E-state index contributed by atoms with van der Waals surface area (Å²) in [7, 11) is 0. The zero-order chi connectivity index (χ0) is 25.1. The van der Waals surface area contributed by atoms with Crippen molar-refractivity contribution >= 4 is 5.97 Å². The number of carboxylic acids is 1. The topological polar surface area (TPSA) is 99.4 Å². The SMILES string of the molecule is CCOc1cccc(C(CC)n2nc(C(=O)O)c3c2-c2ccc(OCc4cncnc4)cc2CC3)c1.[H-].[Na+]. The summed E-state index contributed by atoms with van der Waals surface area (Å²) < 4.78 is 13.6. The summed E-state index contributed by atoms with van der Waals surface area (Å²) in [4.78, 5) is 20.2. The molecule has 0 saturated carbocycles. The van der Waals surface area contributed by atoms with Crippen LogP contribution in [-0.4, -0.2) is 37.4 Å². The molecule has 0 aliphatic heterocycles. The van der Waals surface area contributed by atoms with E-state index in [1.165, 1.54) is 6.33 Å². The van der Waals surface area contributed by atoms with Crippen LogP contribution in [0.3, 0.4) is 0 Å². The van der Waals surface area contributed by atoms with Gasteiger partial charge in [0.25, 0.3) is 0 Å².